The zero-order valence-electron chi connectivity index (χ0n) is 11.6. The minimum absolute atomic E-state index is 0.0393. The Morgan fingerprint density at radius 1 is 1.06 bits per heavy atom. The lowest BCUT2D eigenvalue weighted by Crippen LogP contribution is -2.48. The summed E-state index contributed by atoms with van der Waals surface area (Å²) in [5.74, 6) is 0.0393. The van der Waals surface area contributed by atoms with E-state index in [1.54, 1.807) is 18.9 Å². The third-order valence-corrected chi connectivity index (χ3v) is 5.41. The zero-order valence-corrected chi connectivity index (χ0v) is 12.6. The van der Waals surface area contributed by atoms with Gasteiger partial charge in [0.05, 0.1) is 0 Å². The molecule has 17 heavy (non-hydrogen) atoms. The van der Waals surface area contributed by atoms with Crippen molar-refractivity contribution in [3.8, 4) is 0 Å². The van der Waals surface area contributed by atoms with E-state index in [0.717, 1.165) is 0 Å². The molecule has 102 valence electrons. The second-order valence-corrected chi connectivity index (χ2v) is 6.40. The molecular formula is C11H25NO4Si. The SMILES string of the molecule is CCO[Si](CCN(C)C(C)=O)(OCC)OCC. The summed E-state index contributed by atoms with van der Waals surface area (Å²) < 4.78 is 17.1. The highest BCUT2D eigenvalue weighted by Gasteiger charge is 2.40. The number of amides is 1. The Morgan fingerprint density at radius 3 is 1.76 bits per heavy atom. The molecule has 0 heterocycles. The van der Waals surface area contributed by atoms with Crippen LogP contribution in [0.3, 0.4) is 0 Å². The van der Waals surface area contributed by atoms with Crippen LogP contribution in [0.15, 0.2) is 0 Å². The number of rotatable bonds is 9. The van der Waals surface area contributed by atoms with Crippen LogP contribution in [0.2, 0.25) is 6.04 Å². The van der Waals surface area contributed by atoms with Gasteiger partial charge < -0.3 is 18.2 Å². The fourth-order valence-corrected chi connectivity index (χ4v) is 4.08. The van der Waals surface area contributed by atoms with Gasteiger partial charge in [0.1, 0.15) is 0 Å². The zero-order chi connectivity index (χ0) is 13.3. The number of carbonyl (C=O) groups is 1. The third kappa shape index (κ3) is 6.16. The van der Waals surface area contributed by atoms with Crippen LogP contribution < -0.4 is 0 Å². The Kier molecular flexibility index (Phi) is 8.41. The second kappa shape index (κ2) is 8.63. The molecule has 0 atom stereocenters. The molecule has 0 radical (unpaired) electrons. The van der Waals surface area contributed by atoms with Crippen molar-refractivity contribution in [1.82, 2.24) is 4.90 Å². The molecule has 0 aliphatic heterocycles. The van der Waals surface area contributed by atoms with Gasteiger partial charge in [-0.1, -0.05) is 0 Å². The highest BCUT2D eigenvalue weighted by molar-refractivity contribution is 6.60. The van der Waals surface area contributed by atoms with E-state index in [0.29, 0.717) is 32.4 Å². The topological polar surface area (TPSA) is 48.0 Å². The van der Waals surface area contributed by atoms with Crippen LogP contribution in [0.25, 0.3) is 0 Å². The predicted molar refractivity (Wildman–Crippen MR) is 68.8 cm³/mol. The maximum atomic E-state index is 11.2. The summed E-state index contributed by atoms with van der Waals surface area (Å²) in [5, 5.41) is 0. The van der Waals surface area contributed by atoms with Gasteiger partial charge in [-0.05, 0) is 20.8 Å². The van der Waals surface area contributed by atoms with E-state index in [1.807, 2.05) is 20.8 Å². The largest absolute Gasteiger partial charge is 0.502 e. The summed E-state index contributed by atoms with van der Waals surface area (Å²) in [5.41, 5.74) is 0. The number of hydrogen-bond donors (Lipinski definition) is 0. The average Bonchev–Trinajstić information content (AvgIpc) is 2.27. The van der Waals surface area contributed by atoms with Crippen molar-refractivity contribution in [2.75, 3.05) is 33.4 Å². The molecule has 0 aliphatic carbocycles. The van der Waals surface area contributed by atoms with Crippen molar-refractivity contribution < 1.29 is 18.1 Å². The summed E-state index contributed by atoms with van der Waals surface area (Å²) in [6.07, 6.45) is 0. The van der Waals surface area contributed by atoms with Gasteiger partial charge in [0, 0.05) is 46.4 Å². The van der Waals surface area contributed by atoms with Crippen LogP contribution in [0, 0.1) is 0 Å². The maximum absolute atomic E-state index is 11.2. The monoisotopic (exact) mass is 263 g/mol. The molecule has 5 nitrogen and oxygen atoms in total. The standard InChI is InChI=1S/C11H25NO4Si/c1-6-14-17(15-7-2,16-8-3)10-9-12(5)11(4)13/h6-10H2,1-5H3. The first kappa shape index (κ1) is 16.6. The van der Waals surface area contributed by atoms with Crippen LogP contribution in [-0.2, 0) is 18.1 Å². The van der Waals surface area contributed by atoms with Crippen molar-refractivity contribution in [2.45, 2.75) is 33.7 Å². The summed E-state index contributed by atoms with van der Waals surface area (Å²) in [4.78, 5) is 12.8. The molecule has 1 amide bonds. The molecule has 0 saturated heterocycles. The lowest BCUT2D eigenvalue weighted by molar-refractivity contribution is -0.127. The Labute approximate surface area is 105 Å². The van der Waals surface area contributed by atoms with Gasteiger partial charge in [0.15, 0.2) is 0 Å². The Hall–Kier alpha value is -0.433. The van der Waals surface area contributed by atoms with Crippen molar-refractivity contribution >= 4 is 14.7 Å². The van der Waals surface area contributed by atoms with Crippen molar-refractivity contribution in [1.29, 1.82) is 0 Å². The van der Waals surface area contributed by atoms with Crippen molar-refractivity contribution in [3.05, 3.63) is 0 Å². The fourth-order valence-electron chi connectivity index (χ4n) is 1.46. The summed E-state index contributed by atoms with van der Waals surface area (Å²) in [6.45, 7) is 9.62. The second-order valence-electron chi connectivity index (χ2n) is 3.67. The number of carbonyl (C=O) groups excluding carboxylic acids is 1. The smallest absolute Gasteiger partial charge is 0.374 e. The summed E-state index contributed by atoms with van der Waals surface area (Å²) >= 11 is 0. The molecule has 0 bridgehead atoms. The van der Waals surface area contributed by atoms with Gasteiger partial charge in [-0.3, -0.25) is 4.79 Å². The van der Waals surface area contributed by atoms with Gasteiger partial charge >= 0.3 is 8.80 Å². The van der Waals surface area contributed by atoms with Gasteiger partial charge in [0.25, 0.3) is 0 Å². The Bertz CT molecular complexity index is 208. The lowest BCUT2D eigenvalue weighted by Gasteiger charge is -2.29. The molecular weight excluding hydrogens is 238 g/mol. The van der Waals surface area contributed by atoms with Crippen LogP contribution in [0.5, 0.6) is 0 Å². The molecule has 0 rings (SSSR count). The minimum Gasteiger partial charge on any atom is -0.374 e. The Morgan fingerprint density at radius 2 is 1.47 bits per heavy atom. The highest BCUT2D eigenvalue weighted by atomic mass is 28.4. The molecule has 0 aromatic carbocycles. The van der Waals surface area contributed by atoms with Gasteiger partial charge in [-0.2, -0.15) is 0 Å². The molecule has 6 heteroatoms. The average molecular weight is 263 g/mol. The van der Waals surface area contributed by atoms with Crippen LogP contribution in [0.1, 0.15) is 27.7 Å². The molecule has 0 fully saturated rings. The first-order valence-corrected chi connectivity index (χ1v) is 8.08. The summed E-state index contributed by atoms with van der Waals surface area (Å²) in [6, 6.07) is 0.638. The van der Waals surface area contributed by atoms with Gasteiger partial charge in [-0.25, -0.2) is 0 Å². The molecule has 0 N–H and O–H groups in total. The predicted octanol–water partition coefficient (Wildman–Crippen LogP) is 1.51. The first-order chi connectivity index (χ1) is 8.01. The van der Waals surface area contributed by atoms with E-state index >= 15 is 0 Å². The van der Waals surface area contributed by atoms with E-state index < -0.39 is 8.80 Å². The maximum Gasteiger partial charge on any atom is 0.502 e. The van der Waals surface area contributed by atoms with Gasteiger partial charge in [0.2, 0.25) is 5.91 Å². The van der Waals surface area contributed by atoms with E-state index in [-0.39, 0.29) is 5.91 Å². The lowest BCUT2D eigenvalue weighted by atomic mass is 10.5. The number of nitrogens with zero attached hydrogens (tertiary/aromatic N) is 1. The molecule has 0 aromatic heterocycles. The van der Waals surface area contributed by atoms with E-state index in [9.17, 15) is 4.79 Å². The van der Waals surface area contributed by atoms with Gasteiger partial charge in [-0.15, -0.1) is 0 Å². The van der Waals surface area contributed by atoms with Crippen molar-refractivity contribution in [3.63, 3.8) is 0 Å². The highest BCUT2D eigenvalue weighted by Crippen LogP contribution is 2.16. The quantitative estimate of drug-likeness (QED) is 0.592. The molecule has 0 saturated carbocycles. The number of hydrogen-bond acceptors (Lipinski definition) is 4. The van der Waals surface area contributed by atoms with Crippen LogP contribution in [-0.4, -0.2) is 53.0 Å². The molecule has 0 spiro atoms. The summed E-state index contributed by atoms with van der Waals surface area (Å²) in [7, 11) is -0.829. The normalized spacial score (nSPS) is 11.6. The van der Waals surface area contributed by atoms with E-state index in [2.05, 4.69) is 0 Å². The third-order valence-electron chi connectivity index (χ3n) is 2.38. The molecule has 0 unspecified atom stereocenters. The van der Waals surface area contributed by atoms with Crippen molar-refractivity contribution in [2.24, 2.45) is 0 Å². The van der Waals surface area contributed by atoms with E-state index in [4.69, 9.17) is 13.3 Å². The minimum atomic E-state index is -2.60. The Balaban J connectivity index is 4.47. The molecule has 0 aliphatic rings. The van der Waals surface area contributed by atoms with E-state index in [1.165, 1.54) is 0 Å². The fraction of sp³-hybridized carbons (Fsp3) is 0.909. The van der Waals surface area contributed by atoms with Crippen LogP contribution >= 0.6 is 0 Å². The molecule has 0 aromatic rings. The first-order valence-electron chi connectivity index (χ1n) is 6.14. The van der Waals surface area contributed by atoms with Crippen LogP contribution in [0.4, 0.5) is 0 Å².